The van der Waals surface area contributed by atoms with Crippen molar-refractivity contribution in [3.63, 3.8) is 0 Å². The molecule has 0 bridgehead atoms. The summed E-state index contributed by atoms with van der Waals surface area (Å²) in [5.74, 6) is -0.976. The second kappa shape index (κ2) is 5.55. The van der Waals surface area contributed by atoms with E-state index in [0.29, 0.717) is 12.1 Å². The van der Waals surface area contributed by atoms with Crippen molar-refractivity contribution in [2.24, 2.45) is 5.73 Å². The minimum atomic E-state index is -1.57. The second-order valence-electron chi connectivity index (χ2n) is 5.85. The number of rotatable bonds is 4. The molecule has 0 fully saturated rings. The van der Waals surface area contributed by atoms with E-state index in [1.165, 1.54) is 18.1 Å². The Kier molecular flexibility index (Phi) is 3.72. The van der Waals surface area contributed by atoms with E-state index in [1.54, 1.807) is 6.07 Å². The van der Waals surface area contributed by atoms with Crippen molar-refractivity contribution in [3.05, 3.63) is 52.9 Å². The van der Waals surface area contributed by atoms with Crippen molar-refractivity contribution in [1.29, 1.82) is 0 Å². The lowest BCUT2D eigenvalue weighted by atomic mass is 9.91. The zero-order valence-electron chi connectivity index (χ0n) is 12.4. The Bertz CT molecular complexity index is 693. The number of nitrogens with zero attached hydrogens (tertiary/aromatic N) is 1. The van der Waals surface area contributed by atoms with Gasteiger partial charge in [0.1, 0.15) is 0 Å². The monoisotopic (exact) mass is 301 g/mol. The summed E-state index contributed by atoms with van der Waals surface area (Å²) >= 11 is 0. The van der Waals surface area contributed by atoms with Crippen LogP contribution in [-0.2, 0) is 23.2 Å². The van der Waals surface area contributed by atoms with Gasteiger partial charge in [-0.2, -0.15) is 0 Å². The summed E-state index contributed by atoms with van der Waals surface area (Å²) in [6, 6.07) is 10.1. The number of aromatic nitrogens is 1. The van der Waals surface area contributed by atoms with Crippen LogP contribution in [0.1, 0.15) is 35.5 Å². The molecule has 0 saturated carbocycles. The minimum Gasteiger partial charge on any atom is -0.480 e. The third kappa shape index (κ3) is 2.63. The van der Waals surface area contributed by atoms with Crippen LogP contribution in [0.4, 0.5) is 0 Å². The number of carboxylic acid groups (broad SMARTS) is 1. The van der Waals surface area contributed by atoms with Gasteiger partial charge in [0.2, 0.25) is 0 Å². The largest absolute Gasteiger partial charge is 0.480 e. The van der Waals surface area contributed by atoms with E-state index in [0.717, 1.165) is 13.0 Å². The third-order valence-electron chi connectivity index (χ3n) is 4.14. The van der Waals surface area contributed by atoms with E-state index >= 15 is 0 Å². The highest BCUT2D eigenvalue weighted by Crippen LogP contribution is 2.27. The molecule has 2 aromatic rings. The van der Waals surface area contributed by atoms with Gasteiger partial charge in [-0.3, -0.25) is 0 Å². The minimum absolute atomic E-state index is 0.150. The van der Waals surface area contributed by atoms with Crippen LogP contribution >= 0.6 is 0 Å². The van der Waals surface area contributed by atoms with E-state index in [2.05, 4.69) is 22.6 Å². The number of benzene rings is 1. The third-order valence-corrected chi connectivity index (χ3v) is 4.14. The Hall–Kier alpha value is -2.18. The summed E-state index contributed by atoms with van der Waals surface area (Å²) in [5, 5.41) is 16.6. The lowest BCUT2D eigenvalue weighted by Crippen LogP contribution is -2.41. The van der Waals surface area contributed by atoms with Crippen molar-refractivity contribution in [2.75, 3.05) is 6.54 Å². The first-order valence-corrected chi connectivity index (χ1v) is 7.28. The van der Waals surface area contributed by atoms with Gasteiger partial charge >= 0.3 is 5.97 Å². The molecule has 6 nitrogen and oxygen atoms in total. The van der Waals surface area contributed by atoms with Gasteiger partial charge in [-0.1, -0.05) is 29.4 Å². The van der Waals surface area contributed by atoms with Gasteiger partial charge in [-0.15, -0.1) is 0 Å². The molecule has 1 aliphatic rings. The van der Waals surface area contributed by atoms with Gasteiger partial charge in [0.25, 0.3) is 0 Å². The molecule has 1 unspecified atom stereocenters. The van der Waals surface area contributed by atoms with Crippen LogP contribution in [0.2, 0.25) is 0 Å². The van der Waals surface area contributed by atoms with Gasteiger partial charge in [0, 0.05) is 18.5 Å². The van der Waals surface area contributed by atoms with Crippen LogP contribution in [0.25, 0.3) is 0 Å². The molecule has 0 amide bonds. The van der Waals surface area contributed by atoms with Gasteiger partial charge in [0.15, 0.2) is 11.3 Å². The second-order valence-corrected chi connectivity index (χ2v) is 5.85. The van der Waals surface area contributed by atoms with Crippen LogP contribution in [-0.4, -0.2) is 22.8 Å². The summed E-state index contributed by atoms with van der Waals surface area (Å²) in [6.07, 6.45) is 1.65. The van der Waals surface area contributed by atoms with E-state index < -0.39 is 11.5 Å². The predicted molar refractivity (Wildman–Crippen MR) is 80.3 cm³/mol. The van der Waals surface area contributed by atoms with Crippen LogP contribution in [0, 0.1) is 0 Å². The maximum Gasteiger partial charge on any atom is 0.331 e. The number of carboxylic acids is 1. The summed E-state index contributed by atoms with van der Waals surface area (Å²) < 4.78 is 5.14. The molecular formula is C16H19N3O3. The summed E-state index contributed by atoms with van der Waals surface area (Å²) in [5.41, 5.74) is 7.48. The van der Waals surface area contributed by atoms with Crippen molar-refractivity contribution in [3.8, 4) is 0 Å². The number of aliphatic carboxylic acids is 1. The highest BCUT2D eigenvalue weighted by molar-refractivity contribution is 5.78. The number of hydrogen-bond donors (Lipinski definition) is 3. The normalized spacial score (nSPS) is 20.2. The highest BCUT2D eigenvalue weighted by atomic mass is 16.5. The van der Waals surface area contributed by atoms with Gasteiger partial charge < -0.3 is 20.7 Å². The average Bonchev–Trinajstić information content (AvgIpc) is 2.97. The van der Waals surface area contributed by atoms with E-state index in [1.807, 2.05) is 12.1 Å². The lowest BCUT2D eigenvalue weighted by Gasteiger charge is -2.26. The first-order valence-electron chi connectivity index (χ1n) is 7.28. The number of fused-ring (bicyclic) bond motifs is 1. The standard InChI is InChI=1S/C16H19N3O3/c1-16(17,15(20)21)14-9-11(19-22-14)8-13-12-5-3-2-4-10(12)6-7-18-13/h2-5,9,13,18H,6-8,17H2,1H3,(H,20,21)/t13?,16-/m1/s1. The molecule has 1 aliphatic heterocycles. The van der Waals surface area contributed by atoms with E-state index in [-0.39, 0.29) is 11.8 Å². The Morgan fingerprint density at radius 2 is 2.32 bits per heavy atom. The Morgan fingerprint density at radius 1 is 1.55 bits per heavy atom. The fraction of sp³-hybridized carbons (Fsp3) is 0.375. The number of hydrogen-bond acceptors (Lipinski definition) is 5. The van der Waals surface area contributed by atoms with Crippen LogP contribution in [0.3, 0.4) is 0 Å². The number of nitrogens with one attached hydrogen (secondary N) is 1. The fourth-order valence-corrected chi connectivity index (χ4v) is 2.74. The molecule has 0 radical (unpaired) electrons. The molecular weight excluding hydrogens is 282 g/mol. The zero-order valence-corrected chi connectivity index (χ0v) is 12.4. The zero-order chi connectivity index (χ0) is 15.7. The molecule has 22 heavy (non-hydrogen) atoms. The lowest BCUT2D eigenvalue weighted by molar-refractivity contribution is -0.143. The molecule has 0 saturated heterocycles. The van der Waals surface area contributed by atoms with Crippen molar-refractivity contribution < 1.29 is 14.4 Å². The van der Waals surface area contributed by atoms with E-state index in [9.17, 15) is 4.79 Å². The topological polar surface area (TPSA) is 101 Å². The average molecular weight is 301 g/mol. The Labute approximate surface area is 128 Å². The van der Waals surface area contributed by atoms with Crippen LogP contribution < -0.4 is 11.1 Å². The molecule has 0 spiro atoms. The molecule has 1 aromatic carbocycles. The SMILES string of the molecule is C[C@](N)(C(=O)O)c1cc(CC2NCCc3ccccc32)no1. The molecule has 116 valence electrons. The fourth-order valence-electron chi connectivity index (χ4n) is 2.74. The number of carbonyl (C=O) groups is 1. The molecule has 3 rings (SSSR count). The Balaban J connectivity index is 1.81. The van der Waals surface area contributed by atoms with Crippen molar-refractivity contribution in [1.82, 2.24) is 10.5 Å². The van der Waals surface area contributed by atoms with E-state index in [4.69, 9.17) is 15.4 Å². The predicted octanol–water partition coefficient (Wildman–Crippen LogP) is 1.36. The molecule has 1 aromatic heterocycles. The highest BCUT2D eigenvalue weighted by Gasteiger charge is 2.35. The number of nitrogens with two attached hydrogens (primary N) is 1. The molecule has 0 aliphatic carbocycles. The quantitative estimate of drug-likeness (QED) is 0.788. The first-order chi connectivity index (χ1) is 10.5. The first kappa shape index (κ1) is 14.7. The summed E-state index contributed by atoms with van der Waals surface area (Å²) in [4.78, 5) is 11.2. The molecule has 2 atom stereocenters. The summed E-state index contributed by atoms with van der Waals surface area (Å²) in [7, 11) is 0. The maximum absolute atomic E-state index is 11.2. The van der Waals surface area contributed by atoms with Gasteiger partial charge in [-0.25, -0.2) is 4.79 Å². The van der Waals surface area contributed by atoms with Gasteiger partial charge in [-0.05, 0) is 31.0 Å². The smallest absolute Gasteiger partial charge is 0.331 e. The maximum atomic E-state index is 11.2. The molecule has 6 heteroatoms. The van der Waals surface area contributed by atoms with Crippen LogP contribution in [0.15, 0.2) is 34.9 Å². The summed E-state index contributed by atoms with van der Waals surface area (Å²) in [6.45, 7) is 2.31. The van der Waals surface area contributed by atoms with Crippen molar-refractivity contribution >= 4 is 5.97 Å². The van der Waals surface area contributed by atoms with Crippen molar-refractivity contribution in [2.45, 2.75) is 31.3 Å². The Morgan fingerprint density at radius 3 is 3.09 bits per heavy atom. The van der Waals surface area contributed by atoms with Crippen LogP contribution in [0.5, 0.6) is 0 Å². The van der Waals surface area contributed by atoms with Gasteiger partial charge in [0.05, 0.1) is 5.69 Å². The molecule has 2 heterocycles. The molecule has 4 N–H and O–H groups in total.